The first-order valence-electron chi connectivity index (χ1n) is 22.5. The molecule has 0 spiro atoms. The van der Waals surface area contributed by atoms with E-state index in [4.69, 9.17) is 9.47 Å². The Morgan fingerprint density at radius 3 is 1.18 bits per heavy atom. The van der Waals surface area contributed by atoms with Crippen molar-refractivity contribution in [1.82, 2.24) is 5.32 Å². The lowest BCUT2D eigenvalue weighted by molar-refractivity contribution is -0.0286. The molecule has 0 aromatic heterocycles. The van der Waals surface area contributed by atoms with Crippen LogP contribution in [0.2, 0.25) is 0 Å². The largest absolute Gasteiger partial charge is 0.447 e. The molecule has 50 heavy (non-hydrogen) atoms. The molecule has 0 aliphatic rings. The minimum atomic E-state index is -0.452. The lowest BCUT2D eigenvalue weighted by Gasteiger charge is -2.23. The number of amides is 1. The average molecular weight is 726 g/mol. The van der Waals surface area contributed by atoms with Crippen LogP contribution in [0.25, 0.3) is 0 Å². The van der Waals surface area contributed by atoms with Gasteiger partial charge in [-0.15, -0.1) is 0 Å². The van der Waals surface area contributed by atoms with Gasteiger partial charge in [-0.2, -0.15) is 11.8 Å². The second kappa shape index (κ2) is 39.8. The van der Waals surface area contributed by atoms with Gasteiger partial charge < -0.3 is 14.8 Å². The molecule has 0 radical (unpaired) electrons. The molecule has 300 valence electrons. The maximum atomic E-state index is 12.4. The van der Waals surface area contributed by atoms with E-state index in [2.05, 4.69) is 30.9 Å². The molecule has 5 heteroatoms. The molecule has 0 saturated heterocycles. The minimum absolute atomic E-state index is 0.269. The van der Waals surface area contributed by atoms with Crippen molar-refractivity contribution < 1.29 is 14.3 Å². The summed E-state index contributed by atoms with van der Waals surface area (Å²) in [6.07, 6.45) is 47.4. The number of unbranched alkanes of at least 4 members (excludes halogenated alkanes) is 31. The third kappa shape index (κ3) is 38.8. The van der Waals surface area contributed by atoms with Crippen LogP contribution in [0.15, 0.2) is 0 Å². The second-order valence-electron chi connectivity index (χ2n) is 16.2. The monoisotopic (exact) mass is 726 g/mol. The molecule has 0 rings (SSSR count). The fourth-order valence-corrected chi connectivity index (χ4v) is 8.03. The molecular weight excluding hydrogens is 635 g/mol. The van der Waals surface area contributed by atoms with Gasteiger partial charge in [0.2, 0.25) is 0 Å². The van der Waals surface area contributed by atoms with E-state index in [1.807, 2.05) is 13.8 Å². The molecule has 0 saturated carbocycles. The van der Waals surface area contributed by atoms with Gasteiger partial charge >= 0.3 is 6.09 Å². The van der Waals surface area contributed by atoms with Crippen molar-refractivity contribution in [3.8, 4) is 0 Å². The first-order valence-corrected chi connectivity index (χ1v) is 23.6. The molecule has 0 bridgehead atoms. The third-order valence-corrected chi connectivity index (χ3v) is 12.0. The first-order chi connectivity index (χ1) is 24.4. The Balaban J connectivity index is 3.96. The van der Waals surface area contributed by atoms with Crippen molar-refractivity contribution in [2.45, 2.75) is 257 Å². The van der Waals surface area contributed by atoms with Gasteiger partial charge in [0, 0.05) is 18.9 Å². The molecule has 0 aliphatic heterocycles. The highest BCUT2D eigenvalue weighted by molar-refractivity contribution is 7.99. The number of alkyl carbamates (subject to hydrolysis) is 1. The molecule has 0 heterocycles. The van der Waals surface area contributed by atoms with E-state index in [-0.39, 0.29) is 12.7 Å². The number of rotatable bonds is 41. The molecule has 0 aromatic carbocycles. The van der Waals surface area contributed by atoms with Crippen LogP contribution in [0.5, 0.6) is 0 Å². The van der Waals surface area contributed by atoms with Crippen LogP contribution in [0.1, 0.15) is 246 Å². The zero-order chi connectivity index (χ0) is 36.6. The Kier molecular flexibility index (Phi) is 39.4. The lowest BCUT2D eigenvalue weighted by Crippen LogP contribution is -2.36. The van der Waals surface area contributed by atoms with E-state index in [0.29, 0.717) is 11.8 Å². The van der Waals surface area contributed by atoms with Gasteiger partial charge in [0.05, 0.1) is 5.60 Å². The number of nitrogens with one attached hydrogen (secondary N) is 1. The Hall–Kier alpha value is -0.420. The second-order valence-corrected chi connectivity index (χ2v) is 17.6. The summed E-state index contributed by atoms with van der Waals surface area (Å²) in [5.41, 5.74) is -0.452. The van der Waals surface area contributed by atoms with Crippen molar-refractivity contribution in [2.24, 2.45) is 0 Å². The number of methoxy groups -OCH3 is 1. The van der Waals surface area contributed by atoms with E-state index in [9.17, 15) is 4.79 Å². The van der Waals surface area contributed by atoms with Crippen molar-refractivity contribution in [2.75, 3.05) is 26.0 Å². The Morgan fingerprint density at radius 1 is 0.520 bits per heavy atom. The summed E-state index contributed by atoms with van der Waals surface area (Å²) >= 11 is 2.07. The maximum absolute atomic E-state index is 12.4. The van der Waals surface area contributed by atoms with Crippen LogP contribution in [0.4, 0.5) is 4.79 Å². The predicted octanol–water partition coefficient (Wildman–Crippen LogP) is 15.5. The Bertz CT molecular complexity index is 635. The zero-order valence-electron chi connectivity index (χ0n) is 34.9. The lowest BCUT2D eigenvalue weighted by atomic mass is 10.0. The van der Waals surface area contributed by atoms with Crippen LogP contribution in [-0.2, 0) is 9.47 Å². The summed E-state index contributed by atoms with van der Waals surface area (Å²) in [4.78, 5) is 12.4. The van der Waals surface area contributed by atoms with Crippen LogP contribution in [-0.4, -0.2) is 43.0 Å². The predicted molar refractivity (Wildman–Crippen MR) is 225 cm³/mol. The van der Waals surface area contributed by atoms with Crippen molar-refractivity contribution >= 4 is 17.9 Å². The molecule has 1 amide bonds. The summed E-state index contributed by atoms with van der Waals surface area (Å²) in [7, 11) is 1.66. The van der Waals surface area contributed by atoms with E-state index in [0.717, 1.165) is 0 Å². The summed E-state index contributed by atoms with van der Waals surface area (Å²) in [6, 6.07) is 0. The summed E-state index contributed by atoms with van der Waals surface area (Å²) in [5, 5.41) is 3.53. The number of ether oxygens (including phenoxy) is 2. The third-order valence-electron chi connectivity index (χ3n) is 10.6. The number of carbonyl (C=O) groups excluding carboxylic acids is 1. The molecular formula is C45H91NO3S. The Morgan fingerprint density at radius 2 is 0.840 bits per heavy atom. The highest BCUT2D eigenvalue weighted by Crippen LogP contribution is 2.22. The molecule has 1 unspecified atom stereocenters. The topological polar surface area (TPSA) is 47.6 Å². The van der Waals surface area contributed by atoms with Crippen LogP contribution < -0.4 is 5.32 Å². The normalized spacial score (nSPS) is 12.4. The van der Waals surface area contributed by atoms with Crippen molar-refractivity contribution in [1.29, 1.82) is 0 Å². The van der Waals surface area contributed by atoms with Gasteiger partial charge in [-0.05, 0) is 32.4 Å². The van der Waals surface area contributed by atoms with Gasteiger partial charge in [-0.1, -0.05) is 219 Å². The molecule has 0 aromatic rings. The number of hydrogen-bond donors (Lipinski definition) is 1. The fourth-order valence-electron chi connectivity index (χ4n) is 6.79. The van der Waals surface area contributed by atoms with Gasteiger partial charge in [-0.3, -0.25) is 0 Å². The summed E-state index contributed by atoms with van der Waals surface area (Å²) in [5.74, 6) is 1.20. The molecule has 0 aliphatic carbocycles. The van der Waals surface area contributed by atoms with Crippen LogP contribution >= 0.6 is 11.8 Å². The van der Waals surface area contributed by atoms with Crippen LogP contribution in [0.3, 0.4) is 0 Å². The number of thioether (sulfide) groups is 1. The highest BCUT2D eigenvalue weighted by atomic mass is 32.2. The van der Waals surface area contributed by atoms with Gasteiger partial charge in [0.1, 0.15) is 6.61 Å². The summed E-state index contributed by atoms with van der Waals surface area (Å²) < 4.78 is 10.8. The van der Waals surface area contributed by atoms with Gasteiger partial charge in [0.15, 0.2) is 0 Å². The summed E-state index contributed by atoms with van der Waals surface area (Å²) in [6.45, 7) is 9.45. The first kappa shape index (κ1) is 49.6. The van der Waals surface area contributed by atoms with E-state index < -0.39 is 5.60 Å². The molecule has 0 fully saturated rings. The van der Waals surface area contributed by atoms with Crippen LogP contribution in [0, 0.1) is 0 Å². The molecule has 1 N–H and O–H groups in total. The van der Waals surface area contributed by atoms with E-state index in [1.54, 1.807) is 7.11 Å². The maximum Gasteiger partial charge on any atom is 0.407 e. The minimum Gasteiger partial charge on any atom is -0.447 e. The van der Waals surface area contributed by atoms with Crippen molar-refractivity contribution in [3.05, 3.63) is 0 Å². The van der Waals surface area contributed by atoms with Gasteiger partial charge in [-0.25, -0.2) is 4.79 Å². The van der Waals surface area contributed by atoms with Gasteiger partial charge in [0.25, 0.3) is 0 Å². The Labute approximate surface area is 319 Å². The fraction of sp³-hybridized carbons (Fsp3) is 0.978. The van der Waals surface area contributed by atoms with E-state index >= 15 is 0 Å². The average Bonchev–Trinajstić information content (AvgIpc) is 3.11. The van der Waals surface area contributed by atoms with Crippen molar-refractivity contribution in [3.63, 3.8) is 0 Å². The molecule has 1 atom stereocenters. The number of carbonyl (C=O) groups is 1. The smallest absolute Gasteiger partial charge is 0.407 e. The standard InChI is InChI=1S/C45H91NO3S/c1-6-8-10-12-14-16-18-20-22-24-25-27-29-31-33-35-37-39-43(41-46-44(47)49-42-45(3,4)48-5)50-40-38-36-34-32-30-28-26-23-21-19-17-15-13-11-9-7-2/h43H,6-42H2,1-5H3,(H,46,47). The number of hydrogen-bond acceptors (Lipinski definition) is 4. The molecule has 4 nitrogen and oxygen atoms in total. The zero-order valence-corrected chi connectivity index (χ0v) is 35.7. The van der Waals surface area contributed by atoms with E-state index in [1.165, 1.54) is 224 Å². The quantitative estimate of drug-likeness (QED) is 0.0638. The SMILES string of the molecule is CCCCCCCCCCCCCCCCCCCC(CNC(=O)OCC(C)(C)OC)SCCCCCCCCCCCCCCCCCC. The highest BCUT2D eigenvalue weighted by Gasteiger charge is 2.19.